The van der Waals surface area contributed by atoms with Crippen molar-refractivity contribution in [2.24, 2.45) is 4.99 Å². The van der Waals surface area contributed by atoms with E-state index >= 15 is 0 Å². The van der Waals surface area contributed by atoms with Crippen LogP contribution in [0.25, 0.3) is 0 Å². The Bertz CT molecular complexity index is 486. The summed E-state index contributed by atoms with van der Waals surface area (Å²) in [5, 5.41) is 9.87. The number of phenols is 1. The summed E-state index contributed by atoms with van der Waals surface area (Å²) in [4.78, 5) is 14.4. The smallest absolute Gasteiger partial charge is 0.235 e. The van der Waals surface area contributed by atoms with Crippen molar-refractivity contribution in [2.75, 3.05) is 0 Å². The molecule has 0 amide bonds. The predicted octanol–water partition coefficient (Wildman–Crippen LogP) is 2.94. The first-order chi connectivity index (χ1) is 8.10. The molecule has 0 atom stereocenters. The maximum Gasteiger partial charge on any atom is 0.235 e. The van der Waals surface area contributed by atoms with Gasteiger partial charge in [0.05, 0.1) is 0 Å². The lowest BCUT2D eigenvalue weighted by molar-refractivity contribution is 0.384. The van der Waals surface area contributed by atoms with Crippen LogP contribution in [-0.2, 0) is 10.3 Å². The zero-order chi connectivity index (χ0) is 12.5. The van der Waals surface area contributed by atoms with Crippen LogP contribution in [0.2, 0.25) is 0 Å². The number of phenolic OH excluding ortho intramolecular Hbond substituents is 1. The second-order valence-corrected chi connectivity index (χ2v) is 4.53. The molecule has 3 nitrogen and oxygen atoms in total. The first kappa shape index (κ1) is 11.8. The molecular formula is C13H14FNO2. The zero-order valence-electron chi connectivity index (χ0n) is 9.66. The van der Waals surface area contributed by atoms with E-state index in [9.17, 15) is 14.3 Å². The van der Waals surface area contributed by atoms with Gasteiger partial charge in [-0.25, -0.2) is 9.18 Å². The summed E-state index contributed by atoms with van der Waals surface area (Å²) in [6, 6.07) is 2.83. The Morgan fingerprint density at radius 2 is 2.06 bits per heavy atom. The molecule has 4 heteroatoms. The minimum atomic E-state index is -0.780. The lowest BCUT2D eigenvalue weighted by Gasteiger charge is -2.25. The predicted molar refractivity (Wildman–Crippen MR) is 61.1 cm³/mol. The molecule has 1 saturated carbocycles. The van der Waals surface area contributed by atoms with Gasteiger partial charge in [0.15, 0.2) is 11.6 Å². The summed E-state index contributed by atoms with van der Waals surface area (Å²) in [5.74, 6) is -1.05. The van der Waals surface area contributed by atoms with Crippen molar-refractivity contribution in [2.45, 2.75) is 38.1 Å². The van der Waals surface area contributed by atoms with E-state index in [1.807, 2.05) is 0 Å². The van der Waals surface area contributed by atoms with Gasteiger partial charge in [0, 0.05) is 5.56 Å². The first-order valence-corrected chi connectivity index (χ1v) is 5.68. The molecule has 0 aliphatic heterocycles. The third kappa shape index (κ3) is 1.85. The summed E-state index contributed by atoms with van der Waals surface area (Å²) >= 11 is 0. The molecular weight excluding hydrogens is 221 g/mol. The van der Waals surface area contributed by atoms with Crippen LogP contribution in [0.15, 0.2) is 17.1 Å². The summed E-state index contributed by atoms with van der Waals surface area (Å²) < 4.78 is 13.4. The molecule has 0 aromatic heterocycles. The molecule has 0 heterocycles. The van der Waals surface area contributed by atoms with Gasteiger partial charge in [-0.1, -0.05) is 18.9 Å². The van der Waals surface area contributed by atoms with Crippen LogP contribution in [0.1, 0.15) is 36.8 Å². The maximum atomic E-state index is 13.4. The molecule has 1 fully saturated rings. The van der Waals surface area contributed by atoms with E-state index in [0.29, 0.717) is 18.4 Å². The number of aliphatic imine (C=N–C) groups is 1. The molecule has 1 N–H and O–H groups in total. The van der Waals surface area contributed by atoms with Crippen molar-refractivity contribution in [3.63, 3.8) is 0 Å². The topological polar surface area (TPSA) is 49.7 Å². The van der Waals surface area contributed by atoms with Crippen molar-refractivity contribution in [3.05, 3.63) is 29.1 Å². The number of aryl methyl sites for hydroxylation is 1. The van der Waals surface area contributed by atoms with Crippen LogP contribution in [-0.4, -0.2) is 11.2 Å². The van der Waals surface area contributed by atoms with E-state index in [1.165, 1.54) is 6.07 Å². The Hall–Kier alpha value is -1.67. The number of benzene rings is 1. The molecule has 0 bridgehead atoms. The molecule has 90 valence electrons. The van der Waals surface area contributed by atoms with Crippen molar-refractivity contribution < 1.29 is 14.3 Å². The van der Waals surface area contributed by atoms with E-state index in [2.05, 4.69) is 4.99 Å². The number of halogens is 1. The highest BCUT2D eigenvalue weighted by Gasteiger charge is 2.39. The molecule has 17 heavy (non-hydrogen) atoms. The number of isocyanates is 1. The van der Waals surface area contributed by atoms with Crippen LogP contribution >= 0.6 is 0 Å². The van der Waals surface area contributed by atoms with Crippen LogP contribution < -0.4 is 0 Å². The molecule has 2 rings (SSSR count). The fourth-order valence-electron chi connectivity index (χ4n) is 2.72. The van der Waals surface area contributed by atoms with Crippen LogP contribution in [0, 0.1) is 12.7 Å². The Labute approximate surface area is 99.0 Å². The van der Waals surface area contributed by atoms with Gasteiger partial charge in [-0.3, -0.25) is 0 Å². The second kappa shape index (κ2) is 4.30. The quantitative estimate of drug-likeness (QED) is 0.633. The van der Waals surface area contributed by atoms with Gasteiger partial charge in [-0.15, -0.1) is 0 Å². The van der Waals surface area contributed by atoms with Gasteiger partial charge >= 0.3 is 0 Å². The minimum Gasteiger partial charge on any atom is -0.505 e. The third-order valence-corrected chi connectivity index (χ3v) is 3.49. The van der Waals surface area contributed by atoms with Crippen LogP contribution in [0.5, 0.6) is 5.75 Å². The largest absolute Gasteiger partial charge is 0.505 e. The van der Waals surface area contributed by atoms with Gasteiger partial charge < -0.3 is 5.11 Å². The van der Waals surface area contributed by atoms with Gasteiger partial charge in [-0.2, -0.15) is 4.99 Å². The number of hydrogen-bond donors (Lipinski definition) is 1. The maximum absolute atomic E-state index is 13.4. The van der Waals surface area contributed by atoms with Crippen molar-refractivity contribution in [3.8, 4) is 5.75 Å². The molecule has 0 spiro atoms. The van der Waals surface area contributed by atoms with Crippen molar-refractivity contribution in [1.29, 1.82) is 0 Å². The molecule has 1 aromatic rings. The molecule has 1 aliphatic carbocycles. The first-order valence-electron chi connectivity index (χ1n) is 5.68. The fraction of sp³-hybridized carbons (Fsp3) is 0.462. The highest BCUT2D eigenvalue weighted by Crippen LogP contribution is 2.47. The average molecular weight is 235 g/mol. The van der Waals surface area contributed by atoms with E-state index < -0.39 is 11.4 Å². The summed E-state index contributed by atoms with van der Waals surface area (Å²) in [6.45, 7) is 1.79. The van der Waals surface area contributed by atoms with E-state index in [1.54, 1.807) is 19.1 Å². The van der Waals surface area contributed by atoms with Crippen molar-refractivity contribution >= 4 is 6.08 Å². The summed E-state index contributed by atoms with van der Waals surface area (Å²) in [5.41, 5.74) is 0.418. The Morgan fingerprint density at radius 1 is 1.41 bits per heavy atom. The molecule has 0 radical (unpaired) electrons. The fourth-order valence-corrected chi connectivity index (χ4v) is 2.72. The zero-order valence-corrected chi connectivity index (χ0v) is 9.66. The third-order valence-electron chi connectivity index (χ3n) is 3.49. The normalized spacial score (nSPS) is 17.8. The highest BCUT2D eigenvalue weighted by atomic mass is 19.1. The molecule has 1 aromatic carbocycles. The van der Waals surface area contributed by atoms with Gasteiger partial charge in [-0.05, 0) is 31.4 Å². The van der Waals surface area contributed by atoms with E-state index in [-0.39, 0.29) is 5.75 Å². The van der Waals surface area contributed by atoms with Gasteiger partial charge in [0.25, 0.3) is 0 Å². The minimum absolute atomic E-state index is 0.383. The number of nitrogens with zero attached hydrogens (tertiary/aromatic N) is 1. The molecule has 0 unspecified atom stereocenters. The SMILES string of the molecule is Cc1ccc(F)c(O)c1C1(N=C=O)CCCC1. The summed E-state index contributed by atoms with van der Waals surface area (Å²) in [7, 11) is 0. The Kier molecular flexibility index (Phi) is 2.99. The summed E-state index contributed by atoms with van der Waals surface area (Å²) in [6.07, 6.45) is 4.70. The van der Waals surface area contributed by atoms with Crippen LogP contribution in [0.3, 0.4) is 0 Å². The number of aromatic hydroxyl groups is 1. The van der Waals surface area contributed by atoms with Gasteiger partial charge in [0.1, 0.15) is 5.54 Å². The second-order valence-electron chi connectivity index (χ2n) is 4.53. The number of rotatable bonds is 2. The number of hydrogen-bond acceptors (Lipinski definition) is 3. The molecule has 0 saturated heterocycles. The highest BCUT2D eigenvalue weighted by molar-refractivity contribution is 5.48. The standard InChI is InChI=1S/C13H14FNO2/c1-9-4-5-10(14)12(17)11(9)13(15-8-16)6-2-3-7-13/h4-5,17H,2-3,6-7H2,1H3. The Balaban J connectivity index is 2.65. The Morgan fingerprint density at radius 3 is 2.65 bits per heavy atom. The monoisotopic (exact) mass is 235 g/mol. The van der Waals surface area contributed by atoms with Gasteiger partial charge in [0.2, 0.25) is 6.08 Å². The lowest BCUT2D eigenvalue weighted by Crippen LogP contribution is -2.21. The average Bonchev–Trinajstić information content (AvgIpc) is 2.74. The lowest BCUT2D eigenvalue weighted by atomic mass is 9.85. The molecule has 1 aliphatic rings. The van der Waals surface area contributed by atoms with E-state index in [0.717, 1.165) is 18.4 Å². The number of carbonyl (C=O) groups excluding carboxylic acids is 1. The van der Waals surface area contributed by atoms with Crippen LogP contribution in [0.4, 0.5) is 4.39 Å². The van der Waals surface area contributed by atoms with Crippen molar-refractivity contribution in [1.82, 2.24) is 0 Å². The van der Waals surface area contributed by atoms with E-state index in [4.69, 9.17) is 0 Å².